The van der Waals surface area contributed by atoms with Crippen molar-refractivity contribution in [1.82, 2.24) is 10.6 Å². The van der Waals surface area contributed by atoms with Gasteiger partial charge in [0.2, 0.25) is 11.8 Å². The van der Waals surface area contributed by atoms with Crippen LogP contribution in [0.15, 0.2) is 24.3 Å². The quantitative estimate of drug-likeness (QED) is 0.832. The van der Waals surface area contributed by atoms with E-state index in [-0.39, 0.29) is 11.8 Å². The maximum absolute atomic E-state index is 12.1. The molecular weight excluding hydrogens is 252 g/mol. The van der Waals surface area contributed by atoms with Crippen molar-refractivity contribution in [3.63, 3.8) is 0 Å². The molecule has 0 bridgehead atoms. The average Bonchev–Trinajstić information content (AvgIpc) is 2.39. The second kappa shape index (κ2) is 7.68. The summed E-state index contributed by atoms with van der Waals surface area (Å²) in [5, 5.41) is 5.42. The summed E-state index contributed by atoms with van der Waals surface area (Å²) in [6.07, 6.45) is 0.942. The lowest BCUT2D eigenvalue weighted by Crippen LogP contribution is -2.46. The zero-order valence-electron chi connectivity index (χ0n) is 12.7. The first-order valence-corrected chi connectivity index (χ1v) is 6.99. The van der Waals surface area contributed by atoms with Crippen molar-refractivity contribution in [2.24, 2.45) is 5.92 Å². The van der Waals surface area contributed by atoms with E-state index >= 15 is 0 Å². The van der Waals surface area contributed by atoms with Gasteiger partial charge in [0, 0.05) is 7.05 Å². The smallest absolute Gasteiger partial charge is 0.242 e. The summed E-state index contributed by atoms with van der Waals surface area (Å²) in [5.74, 6) is 0.0847. The third-order valence-electron chi connectivity index (χ3n) is 3.22. The molecule has 0 aromatic heterocycles. The van der Waals surface area contributed by atoms with E-state index in [1.165, 1.54) is 0 Å². The lowest BCUT2D eigenvalue weighted by Gasteiger charge is -2.19. The van der Waals surface area contributed by atoms with E-state index in [1.54, 1.807) is 7.05 Å². The summed E-state index contributed by atoms with van der Waals surface area (Å²) in [6.45, 7) is 6.04. The maximum Gasteiger partial charge on any atom is 0.242 e. The largest absolute Gasteiger partial charge is 0.357 e. The molecule has 0 aliphatic carbocycles. The Bertz CT molecular complexity index is 469. The van der Waals surface area contributed by atoms with Gasteiger partial charge in [-0.1, -0.05) is 38.1 Å². The first kappa shape index (κ1) is 16.2. The van der Waals surface area contributed by atoms with Gasteiger partial charge in [-0.3, -0.25) is 9.59 Å². The number of rotatable bonds is 6. The van der Waals surface area contributed by atoms with Crippen molar-refractivity contribution in [3.05, 3.63) is 35.4 Å². The molecule has 0 spiro atoms. The lowest BCUT2D eigenvalue weighted by molar-refractivity contribution is -0.128. The van der Waals surface area contributed by atoms with Crippen molar-refractivity contribution in [2.45, 2.75) is 39.7 Å². The first-order valence-electron chi connectivity index (χ1n) is 6.99. The van der Waals surface area contributed by atoms with Crippen molar-refractivity contribution in [1.29, 1.82) is 0 Å². The molecule has 1 atom stereocenters. The topological polar surface area (TPSA) is 58.2 Å². The molecule has 0 heterocycles. The molecule has 0 unspecified atom stereocenters. The SMILES string of the molecule is CNC(=O)[C@@H](CC(C)C)NC(=O)Cc1ccccc1C. The van der Waals surface area contributed by atoms with Crippen LogP contribution in [0.4, 0.5) is 0 Å². The number of benzene rings is 1. The van der Waals surface area contributed by atoms with Gasteiger partial charge < -0.3 is 10.6 Å². The van der Waals surface area contributed by atoms with Crippen molar-refractivity contribution in [3.8, 4) is 0 Å². The maximum atomic E-state index is 12.1. The van der Waals surface area contributed by atoms with Crippen molar-refractivity contribution in [2.75, 3.05) is 7.05 Å². The second-order valence-electron chi connectivity index (χ2n) is 5.47. The molecule has 4 heteroatoms. The van der Waals surface area contributed by atoms with Crippen molar-refractivity contribution < 1.29 is 9.59 Å². The number of hydrogen-bond donors (Lipinski definition) is 2. The fraction of sp³-hybridized carbons (Fsp3) is 0.500. The van der Waals surface area contributed by atoms with Gasteiger partial charge in [0.15, 0.2) is 0 Å². The van der Waals surface area contributed by atoms with E-state index < -0.39 is 6.04 Å². The van der Waals surface area contributed by atoms with E-state index in [1.807, 2.05) is 45.0 Å². The van der Waals surface area contributed by atoms with Gasteiger partial charge in [-0.25, -0.2) is 0 Å². The van der Waals surface area contributed by atoms with Gasteiger partial charge >= 0.3 is 0 Å². The number of carbonyl (C=O) groups excluding carboxylic acids is 2. The third kappa shape index (κ3) is 5.03. The van der Waals surface area contributed by atoms with Gasteiger partial charge in [0.25, 0.3) is 0 Å². The minimum Gasteiger partial charge on any atom is -0.357 e. The van der Waals surface area contributed by atoms with Crippen LogP contribution in [0, 0.1) is 12.8 Å². The number of aryl methyl sites for hydroxylation is 1. The van der Waals surface area contributed by atoms with Crippen LogP contribution in [-0.4, -0.2) is 24.9 Å². The van der Waals surface area contributed by atoms with E-state index in [4.69, 9.17) is 0 Å². The summed E-state index contributed by atoms with van der Waals surface area (Å²) in [4.78, 5) is 23.9. The molecule has 4 nitrogen and oxygen atoms in total. The van der Waals surface area contributed by atoms with Gasteiger partial charge in [-0.2, -0.15) is 0 Å². The molecule has 0 saturated carbocycles. The highest BCUT2D eigenvalue weighted by Gasteiger charge is 2.20. The Morgan fingerprint density at radius 1 is 1.20 bits per heavy atom. The van der Waals surface area contributed by atoms with Crippen LogP contribution in [0.5, 0.6) is 0 Å². The van der Waals surface area contributed by atoms with E-state index in [9.17, 15) is 9.59 Å². The molecule has 1 rings (SSSR count). The molecule has 0 aliphatic rings. The third-order valence-corrected chi connectivity index (χ3v) is 3.22. The molecule has 2 amide bonds. The van der Waals surface area contributed by atoms with Gasteiger partial charge in [0.05, 0.1) is 6.42 Å². The van der Waals surface area contributed by atoms with Gasteiger partial charge in [-0.05, 0) is 30.4 Å². The molecule has 110 valence electrons. The van der Waals surface area contributed by atoms with Crippen LogP contribution < -0.4 is 10.6 Å². The lowest BCUT2D eigenvalue weighted by atomic mass is 10.0. The van der Waals surface area contributed by atoms with E-state index in [2.05, 4.69) is 10.6 Å². The number of nitrogens with one attached hydrogen (secondary N) is 2. The minimum absolute atomic E-state index is 0.117. The summed E-state index contributed by atoms with van der Waals surface area (Å²) in [6, 6.07) is 7.32. The van der Waals surface area contributed by atoms with Crippen LogP contribution in [0.25, 0.3) is 0 Å². The fourth-order valence-corrected chi connectivity index (χ4v) is 2.10. The predicted molar refractivity (Wildman–Crippen MR) is 80.3 cm³/mol. The Morgan fingerprint density at radius 2 is 1.85 bits per heavy atom. The monoisotopic (exact) mass is 276 g/mol. The Kier molecular flexibility index (Phi) is 6.22. The molecule has 20 heavy (non-hydrogen) atoms. The average molecular weight is 276 g/mol. The molecule has 2 N–H and O–H groups in total. The molecule has 1 aromatic rings. The van der Waals surface area contributed by atoms with Gasteiger partial charge in [-0.15, -0.1) is 0 Å². The summed E-state index contributed by atoms with van der Waals surface area (Å²) < 4.78 is 0. The van der Waals surface area contributed by atoms with Gasteiger partial charge in [0.1, 0.15) is 6.04 Å². The molecule has 0 radical (unpaired) electrons. The standard InChI is InChI=1S/C16H24N2O2/c1-11(2)9-14(16(20)17-4)18-15(19)10-13-8-6-5-7-12(13)3/h5-8,11,14H,9-10H2,1-4H3,(H,17,20)(H,18,19)/t14-/m1/s1. The summed E-state index contributed by atoms with van der Waals surface area (Å²) in [7, 11) is 1.59. The normalized spacial score (nSPS) is 12.1. The van der Waals surface area contributed by atoms with Crippen LogP contribution in [-0.2, 0) is 16.0 Å². The fourth-order valence-electron chi connectivity index (χ4n) is 2.10. The van der Waals surface area contributed by atoms with Crippen LogP contribution in [0.2, 0.25) is 0 Å². The Morgan fingerprint density at radius 3 is 2.40 bits per heavy atom. The molecule has 0 aliphatic heterocycles. The zero-order chi connectivity index (χ0) is 15.1. The highest BCUT2D eigenvalue weighted by molar-refractivity contribution is 5.88. The summed E-state index contributed by atoms with van der Waals surface area (Å²) in [5.41, 5.74) is 2.08. The number of carbonyl (C=O) groups is 2. The zero-order valence-corrected chi connectivity index (χ0v) is 12.7. The van der Waals surface area contributed by atoms with Crippen molar-refractivity contribution >= 4 is 11.8 Å². The molecule has 0 fully saturated rings. The highest BCUT2D eigenvalue weighted by Crippen LogP contribution is 2.09. The van der Waals surface area contributed by atoms with E-state index in [0.717, 1.165) is 11.1 Å². The Hall–Kier alpha value is -1.84. The molecular formula is C16H24N2O2. The first-order chi connectivity index (χ1) is 9.43. The van der Waals surface area contributed by atoms with E-state index in [0.29, 0.717) is 18.8 Å². The number of likely N-dealkylation sites (N-methyl/N-ethyl adjacent to an activating group) is 1. The highest BCUT2D eigenvalue weighted by atomic mass is 16.2. The van der Waals surface area contributed by atoms with Crippen LogP contribution in [0.3, 0.4) is 0 Å². The minimum atomic E-state index is -0.462. The second-order valence-corrected chi connectivity index (χ2v) is 5.47. The summed E-state index contributed by atoms with van der Waals surface area (Å²) >= 11 is 0. The van der Waals surface area contributed by atoms with Crippen LogP contribution in [0.1, 0.15) is 31.4 Å². The Balaban J connectivity index is 2.66. The molecule has 0 saturated heterocycles. The number of amides is 2. The molecule has 1 aromatic carbocycles. The Labute approximate surface area is 121 Å². The predicted octanol–water partition coefficient (Wildman–Crippen LogP) is 1.81. The van der Waals surface area contributed by atoms with Crippen LogP contribution >= 0.6 is 0 Å². The number of hydrogen-bond acceptors (Lipinski definition) is 2.